The fourth-order valence-electron chi connectivity index (χ4n) is 1.54. The Hall–Kier alpha value is -1.89. The molecular formula is C13H17NO5S. The van der Waals surface area contributed by atoms with E-state index >= 15 is 0 Å². The molecule has 20 heavy (non-hydrogen) atoms. The molecule has 0 unspecified atom stereocenters. The summed E-state index contributed by atoms with van der Waals surface area (Å²) in [5.41, 5.74) is 0.920. The van der Waals surface area contributed by atoms with E-state index in [4.69, 9.17) is 5.11 Å². The molecule has 0 aliphatic carbocycles. The van der Waals surface area contributed by atoms with Crippen LogP contribution in [0.15, 0.2) is 29.2 Å². The first kappa shape index (κ1) is 16.2. The van der Waals surface area contributed by atoms with Crippen molar-refractivity contribution in [1.29, 1.82) is 0 Å². The van der Waals surface area contributed by atoms with Gasteiger partial charge in [-0.05, 0) is 31.9 Å². The first-order valence-electron chi connectivity index (χ1n) is 6.15. The van der Waals surface area contributed by atoms with Gasteiger partial charge in [0.2, 0.25) is 5.91 Å². The minimum Gasteiger partial charge on any atom is -0.481 e. The van der Waals surface area contributed by atoms with E-state index in [2.05, 4.69) is 0 Å². The van der Waals surface area contributed by atoms with Gasteiger partial charge < -0.3 is 5.11 Å². The van der Waals surface area contributed by atoms with E-state index in [1.54, 1.807) is 12.1 Å². The van der Waals surface area contributed by atoms with Crippen molar-refractivity contribution in [1.82, 2.24) is 4.72 Å². The van der Waals surface area contributed by atoms with Gasteiger partial charge in [0.05, 0.1) is 4.90 Å². The molecule has 0 saturated heterocycles. The van der Waals surface area contributed by atoms with Crippen LogP contribution in [0.1, 0.15) is 31.2 Å². The molecule has 0 heterocycles. The molecule has 0 radical (unpaired) electrons. The minimum absolute atomic E-state index is 0.0155. The number of benzene rings is 1. The summed E-state index contributed by atoms with van der Waals surface area (Å²) in [6, 6.07) is 6.14. The van der Waals surface area contributed by atoms with Crippen LogP contribution in [0, 0.1) is 6.92 Å². The summed E-state index contributed by atoms with van der Waals surface area (Å²) >= 11 is 0. The molecule has 2 N–H and O–H groups in total. The lowest BCUT2D eigenvalue weighted by Gasteiger charge is -2.07. The molecule has 0 aliphatic rings. The Morgan fingerprint density at radius 3 is 2.20 bits per heavy atom. The van der Waals surface area contributed by atoms with Gasteiger partial charge >= 0.3 is 5.97 Å². The molecule has 1 aromatic carbocycles. The van der Waals surface area contributed by atoms with Gasteiger partial charge in [-0.25, -0.2) is 13.1 Å². The largest absolute Gasteiger partial charge is 0.481 e. The van der Waals surface area contributed by atoms with Crippen molar-refractivity contribution in [2.45, 2.75) is 37.5 Å². The fourth-order valence-corrected chi connectivity index (χ4v) is 2.55. The second-order valence-electron chi connectivity index (χ2n) is 4.44. The molecule has 0 bridgehead atoms. The Labute approximate surface area is 117 Å². The van der Waals surface area contributed by atoms with Crippen LogP contribution in [0.5, 0.6) is 0 Å². The van der Waals surface area contributed by atoms with Gasteiger partial charge in [-0.1, -0.05) is 17.7 Å². The lowest BCUT2D eigenvalue weighted by atomic mass is 10.2. The highest BCUT2D eigenvalue weighted by atomic mass is 32.2. The van der Waals surface area contributed by atoms with Crippen LogP contribution in [-0.2, 0) is 19.6 Å². The highest BCUT2D eigenvalue weighted by molar-refractivity contribution is 7.90. The maximum atomic E-state index is 11.9. The van der Waals surface area contributed by atoms with Crippen molar-refractivity contribution in [3.05, 3.63) is 29.8 Å². The maximum absolute atomic E-state index is 11.9. The van der Waals surface area contributed by atoms with E-state index in [9.17, 15) is 18.0 Å². The summed E-state index contributed by atoms with van der Waals surface area (Å²) in [7, 11) is -3.85. The Kier molecular flexibility index (Phi) is 5.69. The summed E-state index contributed by atoms with van der Waals surface area (Å²) < 4.78 is 25.7. The maximum Gasteiger partial charge on any atom is 0.303 e. The van der Waals surface area contributed by atoms with Gasteiger partial charge in [-0.2, -0.15) is 0 Å². The second-order valence-corrected chi connectivity index (χ2v) is 6.12. The minimum atomic E-state index is -3.85. The van der Waals surface area contributed by atoms with E-state index in [0.717, 1.165) is 5.56 Å². The number of sulfonamides is 1. The average molecular weight is 299 g/mol. The van der Waals surface area contributed by atoms with Gasteiger partial charge in [-0.3, -0.25) is 9.59 Å². The van der Waals surface area contributed by atoms with Crippen molar-refractivity contribution in [2.75, 3.05) is 0 Å². The summed E-state index contributed by atoms with van der Waals surface area (Å²) in [6.45, 7) is 1.83. The van der Waals surface area contributed by atoms with Crippen LogP contribution in [0.4, 0.5) is 0 Å². The molecule has 110 valence electrons. The number of hydrogen-bond acceptors (Lipinski definition) is 4. The number of nitrogens with one attached hydrogen (secondary N) is 1. The monoisotopic (exact) mass is 299 g/mol. The van der Waals surface area contributed by atoms with E-state index in [1.165, 1.54) is 12.1 Å². The van der Waals surface area contributed by atoms with Crippen LogP contribution in [0.25, 0.3) is 0 Å². The Morgan fingerprint density at radius 1 is 1.10 bits per heavy atom. The molecule has 0 aromatic heterocycles. The van der Waals surface area contributed by atoms with Crippen LogP contribution in [0.2, 0.25) is 0 Å². The van der Waals surface area contributed by atoms with Crippen LogP contribution >= 0.6 is 0 Å². The first-order chi connectivity index (χ1) is 9.31. The van der Waals surface area contributed by atoms with Gasteiger partial charge in [0.25, 0.3) is 10.0 Å². The molecule has 6 nitrogen and oxygen atoms in total. The number of rotatable bonds is 7. The predicted molar refractivity (Wildman–Crippen MR) is 72.6 cm³/mol. The SMILES string of the molecule is Cc1ccc(S(=O)(=O)NC(=O)CCCCC(=O)O)cc1. The van der Waals surface area contributed by atoms with E-state index in [-0.39, 0.29) is 17.7 Å². The zero-order valence-corrected chi connectivity index (χ0v) is 11.9. The lowest BCUT2D eigenvalue weighted by Crippen LogP contribution is -2.30. The Morgan fingerprint density at radius 2 is 1.65 bits per heavy atom. The van der Waals surface area contributed by atoms with Crippen molar-refractivity contribution in [2.24, 2.45) is 0 Å². The lowest BCUT2D eigenvalue weighted by molar-refractivity contribution is -0.137. The molecule has 1 rings (SSSR count). The van der Waals surface area contributed by atoms with Crippen LogP contribution < -0.4 is 4.72 Å². The average Bonchev–Trinajstić information content (AvgIpc) is 2.34. The van der Waals surface area contributed by atoms with Gasteiger partial charge in [-0.15, -0.1) is 0 Å². The predicted octanol–water partition coefficient (Wildman–Crippen LogP) is 1.44. The number of unbranched alkanes of at least 4 members (excludes halogenated alkanes) is 1. The zero-order chi connectivity index (χ0) is 15.2. The Bertz CT molecular complexity index is 577. The quantitative estimate of drug-likeness (QED) is 0.742. The number of aliphatic carboxylic acids is 1. The summed E-state index contributed by atoms with van der Waals surface area (Å²) in [6.07, 6.45) is 0.630. The number of carbonyl (C=O) groups excluding carboxylic acids is 1. The normalized spacial score (nSPS) is 11.1. The van der Waals surface area contributed by atoms with Crippen LogP contribution in [0.3, 0.4) is 0 Å². The Balaban J connectivity index is 2.52. The summed E-state index contributed by atoms with van der Waals surface area (Å²) in [5, 5.41) is 8.44. The van der Waals surface area contributed by atoms with E-state index < -0.39 is 21.9 Å². The smallest absolute Gasteiger partial charge is 0.303 e. The molecule has 0 spiro atoms. The molecule has 1 aromatic rings. The van der Waals surface area contributed by atoms with Crippen molar-refractivity contribution >= 4 is 21.9 Å². The number of carboxylic acids is 1. The molecule has 0 fully saturated rings. The van der Waals surface area contributed by atoms with Crippen molar-refractivity contribution in [3.8, 4) is 0 Å². The fraction of sp³-hybridized carbons (Fsp3) is 0.385. The first-order valence-corrected chi connectivity index (χ1v) is 7.64. The summed E-state index contributed by atoms with van der Waals surface area (Å²) in [5.74, 6) is -1.56. The number of carboxylic acid groups (broad SMARTS) is 1. The molecule has 0 saturated carbocycles. The van der Waals surface area contributed by atoms with Crippen molar-refractivity contribution in [3.63, 3.8) is 0 Å². The number of carbonyl (C=O) groups is 2. The number of amides is 1. The van der Waals surface area contributed by atoms with E-state index in [1.807, 2.05) is 11.6 Å². The van der Waals surface area contributed by atoms with E-state index in [0.29, 0.717) is 12.8 Å². The standard InChI is InChI=1S/C13H17NO5S/c1-10-6-8-11(9-7-10)20(18,19)14-12(15)4-2-3-5-13(16)17/h6-9H,2-5H2,1H3,(H,14,15)(H,16,17). The molecule has 1 amide bonds. The van der Waals surface area contributed by atoms with Gasteiger partial charge in [0.15, 0.2) is 0 Å². The third kappa shape index (κ3) is 5.40. The van der Waals surface area contributed by atoms with Gasteiger partial charge in [0.1, 0.15) is 0 Å². The molecular weight excluding hydrogens is 282 g/mol. The molecule has 0 aliphatic heterocycles. The molecule has 7 heteroatoms. The second kappa shape index (κ2) is 7.04. The summed E-state index contributed by atoms with van der Waals surface area (Å²) in [4.78, 5) is 21.8. The highest BCUT2D eigenvalue weighted by Gasteiger charge is 2.16. The highest BCUT2D eigenvalue weighted by Crippen LogP contribution is 2.10. The topological polar surface area (TPSA) is 101 Å². The number of hydrogen-bond donors (Lipinski definition) is 2. The van der Waals surface area contributed by atoms with Crippen molar-refractivity contribution < 1.29 is 23.1 Å². The molecule has 0 atom stereocenters. The van der Waals surface area contributed by atoms with Gasteiger partial charge in [0, 0.05) is 12.8 Å². The third-order valence-corrected chi connectivity index (χ3v) is 4.01. The zero-order valence-electron chi connectivity index (χ0n) is 11.1. The van der Waals surface area contributed by atoms with Crippen LogP contribution in [-0.4, -0.2) is 25.4 Å². The number of aryl methyl sites for hydroxylation is 1. The third-order valence-electron chi connectivity index (χ3n) is 2.62.